The molecule has 0 aliphatic carbocycles. The molecule has 0 amide bonds. The van der Waals surface area contributed by atoms with Crippen LogP contribution < -0.4 is 23.7 Å². The van der Waals surface area contributed by atoms with Gasteiger partial charge in [0, 0.05) is 17.7 Å². The predicted molar refractivity (Wildman–Crippen MR) is 196 cm³/mol. The van der Waals surface area contributed by atoms with Crippen LogP contribution in [0.1, 0.15) is 50.2 Å². The summed E-state index contributed by atoms with van der Waals surface area (Å²) in [6, 6.07) is 44.6. The third kappa shape index (κ3) is 6.52. The molecule has 6 aromatic carbocycles. The average molecular weight is 690 g/mol. The molecule has 1 aromatic heterocycles. The Morgan fingerprint density at radius 2 is 1.31 bits per heavy atom. The number of nitrogens with zero attached hydrogens (tertiary/aromatic N) is 3. The predicted octanol–water partition coefficient (Wildman–Crippen LogP) is 8.56. The van der Waals surface area contributed by atoms with Crippen molar-refractivity contribution in [3.05, 3.63) is 173 Å². The van der Waals surface area contributed by atoms with Crippen molar-refractivity contribution in [3.63, 3.8) is 0 Å². The fourth-order valence-electron chi connectivity index (χ4n) is 6.56. The highest BCUT2D eigenvalue weighted by Gasteiger charge is 2.39. The van der Waals surface area contributed by atoms with Gasteiger partial charge in [0.2, 0.25) is 0 Å². The van der Waals surface area contributed by atoms with Crippen LogP contribution in [0.3, 0.4) is 0 Å². The van der Waals surface area contributed by atoms with Crippen molar-refractivity contribution in [2.75, 3.05) is 14.2 Å². The number of para-hydroxylation sites is 1. The van der Waals surface area contributed by atoms with Crippen molar-refractivity contribution < 1.29 is 28.5 Å². The summed E-state index contributed by atoms with van der Waals surface area (Å²) in [6.45, 7) is 0.712. The Hall–Kier alpha value is -6.61. The van der Waals surface area contributed by atoms with Gasteiger partial charge in [0.1, 0.15) is 53.6 Å². The van der Waals surface area contributed by atoms with E-state index in [1.165, 1.54) is 4.68 Å². The molecule has 0 fully saturated rings. The second-order valence-corrected chi connectivity index (χ2v) is 12.5. The Labute approximate surface area is 300 Å². The molecule has 0 spiro atoms. The third-order valence-corrected chi connectivity index (χ3v) is 9.21. The van der Waals surface area contributed by atoms with Gasteiger partial charge in [-0.2, -0.15) is 4.68 Å². The molecular weight excluding hydrogens is 654 g/mol. The van der Waals surface area contributed by atoms with Crippen LogP contribution in [-0.2, 0) is 13.2 Å². The maximum atomic E-state index is 14.4. The summed E-state index contributed by atoms with van der Waals surface area (Å²) in [7, 11) is 3.25. The Kier molecular flexibility index (Phi) is 8.97. The highest BCUT2D eigenvalue weighted by Crippen LogP contribution is 2.52. The maximum absolute atomic E-state index is 14.4. The number of benzene rings is 6. The van der Waals surface area contributed by atoms with E-state index in [1.54, 1.807) is 14.2 Å². The van der Waals surface area contributed by atoms with Crippen LogP contribution in [0.5, 0.6) is 28.7 Å². The molecule has 9 nitrogen and oxygen atoms in total. The summed E-state index contributed by atoms with van der Waals surface area (Å²) < 4.78 is 32.0. The lowest BCUT2D eigenvalue weighted by Gasteiger charge is -2.22. The normalized spacial score (nSPS) is 14.7. The lowest BCUT2D eigenvalue weighted by molar-refractivity contribution is 0.0943. The summed E-state index contributed by atoms with van der Waals surface area (Å²) in [5, 5.41) is 8.48. The van der Waals surface area contributed by atoms with E-state index in [0.717, 1.165) is 33.6 Å². The zero-order valence-electron chi connectivity index (χ0n) is 28.6. The molecule has 258 valence electrons. The smallest absolute Gasteiger partial charge is 0.283 e. The van der Waals surface area contributed by atoms with Gasteiger partial charge in [-0.15, -0.1) is 5.10 Å². The Bertz CT molecular complexity index is 2320. The van der Waals surface area contributed by atoms with E-state index in [9.17, 15) is 4.79 Å². The molecule has 0 bridgehead atoms. The van der Waals surface area contributed by atoms with E-state index < -0.39 is 6.10 Å². The first kappa shape index (κ1) is 32.6. The van der Waals surface area contributed by atoms with Crippen LogP contribution in [0.15, 0.2) is 140 Å². The first-order valence-corrected chi connectivity index (χ1v) is 16.9. The molecule has 2 heterocycles. The van der Waals surface area contributed by atoms with E-state index >= 15 is 0 Å². The summed E-state index contributed by atoms with van der Waals surface area (Å²) in [4.78, 5) is 14.4. The fraction of sp³-hybridized carbons (Fsp3) is 0.140. The fourth-order valence-corrected chi connectivity index (χ4v) is 6.56. The molecule has 1 aliphatic rings. The van der Waals surface area contributed by atoms with Gasteiger partial charge in [0.05, 0.1) is 31.2 Å². The summed E-state index contributed by atoms with van der Waals surface area (Å²) >= 11 is 0. The average Bonchev–Trinajstić information content (AvgIpc) is 3.81. The minimum Gasteiger partial charge on any atom is -0.497 e. The monoisotopic (exact) mass is 689 g/mol. The van der Waals surface area contributed by atoms with Crippen molar-refractivity contribution in [2.45, 2.75) is 25.2 Å². The van der Waals surface area contributed by atoms with Gasteiger partial charge in [-0.3, -0.25) is 4.79 Å². The van der Waals surface area contributed by atoms with Gasteiger partial charge in [0.25, 0.3) is 5.91 Å². The minimum absolute atomic E-state index is 0.252. The van der Waals surface area contributed by atoms with Gasteiger partial charge in [0.15, 0.2) is 0 Å². The summed E-state index contributed by atoms with van der Waals surface area (Å²) in [5.41, 5.74) is 6.22. The second kappa shape index (κ2) is 14.3. The van der Waals surface area contributed by atoms with Crippen LogP contribution in [0.2, 0.25) is 0 Å². The van der Waals surface area contributed by atoms with E-state index in [0.29, 0.717) is 46.2 Å². The number of rotatable bonds is 11. The van der Waals surface area contributed by atoms with Crippen LogP contribution in [0, 0.1) is 0 Å². The van der Waals surface area contributed by atoms with Gasteiger partial charge in [-0.25, -0.2) is 0 Å². The van der Waals surface area contributed by atoms with Crippen molar-refractivity contribution >= 4 is 16.9 Å². The molecule has 9 heteroatoms. The second-order valence-electron chi connectivity index (χ2n) is 12.5. The van der Waals surface area contributed by atoms with E-state index in [-0.39, 0.29) is 18.4 Å². The number of aromatic nitrogens is 3. The van der Waals surface area contributed by atoms with Crippen molar-refractivity contribution in [1.82, 2.24) is 15.0 Å². The quantitative estimate of drug-likeness (QED) is 0.133. The molecule has 8 rings (SSSR count). The van der Waals surface area contributed by atoms with Crippen molar-refractivity contribution in [1.29, 1.82) is 0 Å². The van der Waals surface area contributed by atoms with Crippen LogP contribution in [0.4, 0.5) is 0 Å². The van der Waals surface area contributed by atoms with E-state index in [1.807, 2.05) is 140 Å². The molecular formula is C43H35N3O6. The topological polar surface area (TPSA) is 93.9 Å². The zero-order chi connectivity index (χ0) is 35.4. The first-order valence-electron chi connectivity index (χ1n) is 16.9. The van der Waals surface area contributed by atoms with Crippen LogP contribution in [-0.4, -0.2) is 35.1 Å². The lowest BCUT2D eigenvalue weighted by Crippen LogP contribution is -2.16. The van der Waals surface area contributed by atoms with Gasteiger partial charge < -0.3 is 23.7 Å². The SMILES string of the molecule is COc1cc(OC)cc([C@@H]2c3cc(C(=O)n4nnc5ccccc54)c(OCc4ccccc4)cc3O[C@H]2c2ccc(OCc3ccccc3)cc2)c1. The number of hydrogen-bond donors (Lipinski definition) is 0. The zero-order valence-corrected chi connectivity index (χ0v) is 28.6. The van der Waals surface area contributed by atoms with Crippen LogP contribution in [0.25, 0.3) is 11.0 Å². The molecule has 7 aromatic rings. The molecule has 0 radical (unpaired) electrons. The number of carbonyl (C=O) groups excluding carboxylic acids is 1. The number of methoxy groups -OCH3 is 2. The highest BCUT2D eigenvalue weighted by atomic mass is 16.5. The van der Waals surface area contributed by atoms with Gasteiger partial charge in [-0.1, -0.05) is 90.1 Å². The highest BCUT2D eigenvalue weighted by molar-refractivity contribution is 6.02. The summed E-state index contributed by atoms with van der Waals surface area (Å²) in [6.07, 6.45) is -0.463. The van der Waals surface area contributed by atoms with Gasteiger partial charge in [-0.05, 0) is 64.7 Å². The molecule has 2 atom stereocenters. The van der Waals surface area contributed by atoms with Gasteiger partial charge >= 0.3 is 0 Å². The molecule has 1 aliphatic heterocycles. The van der Waals surface area contributed by atoms with Crippen molar-refractivity contribution in [2.24, 2.45) is 0 Å². The number of hydrogen-bond acceptors (Lipinski definition) is 8. The Morgan fingerprint density at radius 1 is 0.673 bits per heavy atom. The standard InChI is InChI=1S/C43H35N3O6/c1-48-33-21-31(22-34(23-33)49-2)41-35-24-36(43(47)46-38-16-10-9-15-37(38)44-45-46)39(51-27-29-13-7-4-8-14-29)25-40(35)52-42(41)30-17-19-32(20-18-30)50-26-28-11-5-3-6-12-28/h3-25,41-42H,26-27H2,1-2H3/t41-,42+/m1/s1. The summed E-state index contributed by atoms with van der Waals surface area (Å²) in [5.74, 6) is 2.27. The largest absolute Gasteiger partial charge is 0.497 e. The Balaban J connectivity index is 1.22. The lowest BCUT2D eigenvalue weighted by atomic mass is 9.84. The van der Waals surface area contributed by atoms with Crippen molar-refractivity contribution in [3.8, 4) is 28.7 Å². The molecule has 0 N–H and O–H groups in total. The number of carbonyl (C=O) groups is 1. The number of fused-ring (bicyclic) bond motifs is 2. The third-order valence-electron chi connectivity index (χ3n) is 9.21. The molecule has 52 heavy (non-hydrogen) atoms. The first-order chi connectivity index (χ1) is 25.6. The van der Waals surface area contributed by atoms with E-state index in [4.69, 9.17) is 23.7 Å². The molecule has 0 unspecified atom stereocenters. The molecule has 0 saturated heterocycles. The molecule has 0 saturated carbocycles. The minimum atomic E-state index is -0.463. The van der Waals surface area contributed by atoms with Crippen LogP contribution >= 0.6 is 0 Å². The van der Waals surface area contributed by atoms with E-state index in [2.05, 4.69) is 10.3 Å². The maximum Gasteiger partial charge on any atom is 0.283 e. The number of ether oxygens (including phenoxy) is 5. The Morgan fingerprint density at radius 3 is 1.98 bits per heavy atom.